The van der Waals surface area contributed by atoms with Crippen LogP contribution in [0.5, 0.6) is 0 Å². The molecule has 14 heavy (non-hydrogen) atoms. The van der Waals surface area contributed by atoms with Gasteiger partial charge < -0.3 is 4.79 Å². The number of hydrogen-bond donors (Lipinski definition) is 0. The molecule has 1 atom stereocenters. The fourth-order valence-corrected chi connectivity index (χ4v) is 4.46. The Hall–Kier alpha value is -0.0700. The average Bonchev–Trinajstić information content (AvgIpc) is 2.14. The van der Waals surface area contributed by atoms with Crippen LogP contribution in [0.1, 0.15) is 6.42 Å². The molecule has 1 rings (SSSR count). The summed E-state index contributed by atoms with van der Waals surface area (Å²) in [5.41, 5.74) is 0. The van der Waals surface area contributed by atoms with Crippen molar-refractivity contribution in [3.8, 4) is 0 Å². The van der Waals surface area contributed by atoms with Crippen molar-refractivity contribution in [2.24, 2.45) is 0 Å². The Morgan fingerprint density at radius 3 is 2.86 bits per heavy atom. The lowest BCUT2D eigenvalue weighted by molar-refractivity contribution is -0.108. The van der Waals surface area contributed by atoms with Gasteiger partial charge in [-0.15, -0.1) is 0 Å². The van der Waals surface area contributed by atoms with Crippen LogP contribution in [0.4, 0.5) is 0 Å². The summed E-state index contributed by atoms with van der Waals surface area (Å²) in [5, 5.41) is -0.402. The van der Waals surface area contributed by atoms with Gasteiger partial charge in [-0.2, -0.15) is 11.8 Å². The minimum atomic E-state index is -3.02. The van der Waals surface area contributed by atoms with Gasteiger partial charge in [0.15, 0.2) is 9.84 Å². The molecule has 1 fully saturated rings. The highest BCUT2D eigenvalue weighted by Gasteiger charge is 2.30. The van der Waals surface area contributed by atoms with Crippen LogP contribution in [0.3, 0.4) is 0 Å². The summed E-state index contributed by atoms with van der Waals surface area (Å²) < 4.78 is 22.8. The predicted octanol–water partition coefficient (Wildman–Crippen LogP) is -0.00510. The van der Waals surface area contributed by atoms with E-state index in [4.69, 9.17) is 0 Å². The molecule has 0 aliphatic carbocycles. The van der Waals surface area contributed by atoms with Gasteiger partial charge >= 0.3 is 0 Å². The minimum absolute atomic E-state index is 0.402. The van der Waals surface area contributed by atoms with Crippen LogP contribution in [0.15, 0.2) is 0 Å². The van der Waals surface area contributed by atoms with Gasteiger partial charge in [0.05, 0.1) is 0 Å². The first-order valence-corrected chi connectivity index (χ1v) is 7.61. The minimum Gasteiger partial charge on any atom is -0.303 e. The Morgan fingerprint density at radius 1 is 1.57 bits per heavy atom. The summed E-state index contributed by atoms with van der Waals surface area (Å²) in [6.45, 7) is 1.32. The van der Waals surface area contributed by atoms with E-state index in [-0.39, 0.29) is 0 Å². The number of carbonyl (C=O) groups excluding carboxylic acids is 1. The van der Waals surface area contributed by atoms with Gasteiger partial charge in [0.25, 0.3) is 0 Å². The number of carbonyl (C=O) groups is 1. The normalized spacial score (nSPS) is 24.8. The van der Waals surface area contributed by atoms with Crippen LogP contribution in [0.2, 0.25) is 0 Å². The first-order chi connectivity index (χ1) is 6.55. The molecule has 0 aromatic heterocycles. The molecule has 82 valence electrons. The lowest BCUT2D eigenvalue weighted by Crippen LogP contribution is -2.47. The van der Waals surface area contributed by atoms with E-state index < -0.39 is 15.2 Å². The van der Waals surface area contributed by atoms with Crippen LogP contribution in [-0.4, -0.2) is 55.8 Å². The van der Waals surface area contributed by atoms with Crippen molar-refractivity contribution in [2.75, 3.05) is 30.9 Å². The Kier molecular flexibility index (Phi) is 4.40. The van der Waals surface area contributed by atoms with E-state index in [1.54, 1.807) is 11.8 Å². The lowest BCUT2D eigenvalue weighted by Gasteiger charge is -2.33. The largest absolute Gasteiger partial charge is 0.303 e. The van der Waals surface area contributed by atoms with Crippen molar-refractivity contribution < 1.29 is 13.2 Å². The van der Waals surface area contributed by atoms with Crippen molar-refractivity contribution >= 4 is 27.9 Å². The van der Waals surface area contributed by atoms with Gasteiger partial charge in [0.1, 0.15) is 11.7 Å². The van der Waals surface area contributed by atoms with Gasteiger partial charge in [0.2, 0.25) is 0 Å². The van der Waals surface area contributed by atoms with E-state index in [2.05, 4.69) is 0 Å². The van der Waals surface area contributed by atoms with E-state index in [9.17, 15) is 13.2 Å². The van der Waals surface area contributed by atoms with Crippen LogP contribution < -0.4 is 0 Å². The molecule has 1 unspecified atom stereocenters. The lowest BCUT2D eigenvalue weighted by atomic mass is 10.4. The first kappa shape index (κ1) is 12.0. The number of hydrogen-bond acceptors (Lipinski definition) is 5. The van der Waals surface area contributed by atoms with Gasteiger partial charge in [-0.3, -0.25) is 4.90 Å². The third-order valence-electron chi connectivity index (χ3n) is 2.22. The van der Waals surface area contributed by atoms with Gasteiger partial charge in [-0.1, -0.05) is 0 Å². The molecule has 0 aromatic rings. The fourth-order valence-electron chi connectivity index (χ4n) is 1.48. The van der Waals surface area contributed by atoms with E-state index in [1.165, 1.54) is 6.26 Å². The van der Waals surface area contributed by atoms with Crippen LogP contribution in [0, 0.1) is 0 Å². The number of sulfone groups is 1. The van der Waals surface area contributed by atoms with Crippen LogP contribution >= 0.6 is 11.8 Å². The summed E-state index contributed by atoms with van der Waals surface area (Å²) in [6.07, 6.45) is 2.51. The zero-order valence-electron chi connectivity index (χ0n) is 8.18. The first-order valence-electron chi connectivity index (χ1n) is 4.50. The molecule has 4 nitrogen and oxygen atoms in total. The van der Waals surface area contributed by atoms with Crippen molar-refractivity contribution in [3.05, 3.63) is 0 Å². The molecule has 0 saturated carbocycles. The molecule has 1 aliphatic rings. The van der Waals surface area contributed by atoms with Crippen molar-refractivity contribution in [1.29, 1.82) is 0 Å². The average molecular weight is 237 g/mol. The van der Waals surface area contributed by atoms with Crippen molar-refractivity contribution in [1.82, 2.24) is 4.90 Å². The molecule has 0 amide bonds. The van der Waals surface area contributed by atoms with Crippen LogP contribution in [-0.2, 0) is 14.6 Å². The molecule has 1 aliphatic heterocycles. The summed E-state index contributed by atoms with van der Waals surface area (Å²) in [5.74, 6) is 1.57. The highest BCUT2D eigenvalue weighted by atomic mass is 32.2. The number of nitrogens with zero attached hydrogens (tertiary/aromatic N) is 1. The molecular formula is C8H15NO3S2. The predicted molar refractivity (Wildman–Crippen MR) is 58.2 cm³/mol. The fraction of sp³-hybridized carbons (Fsp3) is 0.875. The number of aldehydes is 1. The van der Waals surface area contributed by atoms with E-state index >= 15 is 0 Å². The molecule has 0 N–H and O–H groups in total. The molecular weight excluding hydrogens is 222 g/mol. The number of rotatable bonds is 4. The SMILES string of the molecule is CS(=O)(=O)C1CSCCN1CCC=O. The maximum absolute atomic E-state index is 11.4. The highest BCUT2D eigenvalue weighted by molar-refractivity contribution is 8.00. The van der Waals surface area contributed by atoms with Crippen molar-refractivity contribution in [2.45, 2.75) is 11.8 Å². The van der Waals surface area contributed by atoms with E-state index in [1.807, 2.05) is 4.90 Å². The molecule has 0 radical (unpaired) electrons. The molecule has 0 aromatic carbocycles. The Balaban J connectivity index is 2.64. The Bertz CT molecular complexity index is 289. The monoisotopic (exact) mass is 237 g/mol. The topological polar surface area (TPSA) is 54.5 Å². The zero-order valence-corrected chi connectivity index (χ0v) is 9.81. The highest BCUT2D eigenvalue weighted by Crippen LogP contribution is 2.19. The number of thioether (sulfide) groups is 1. The Morgan fingerprint density at radius 2 is 2.29 bits per heavy atom. The third kappa shape index (κ3) is 3.25. The quantitative estimate of drug-likeness (QED) is 0.644. The summed E-state index contributed by atoms with van der Waals surface area (Å²) in [6, 6.07) is 0. The second-order valence-electron chi connectivity index (χ2n) is 3.35. The third-order valence-corrected chi connectivity index (χ3v) is 4.91. The molecule has 1 saturated heterocycles. The maximum atomic E-state index is 11.4. The molecule has 0 bridgehead atoms. The second-order valence-corrected chi connectivity index (χ2v) is 6.70. The second kappa shape index (κ2) is 5.14. The van der Waals surface area contributed by atoms with Gasteiger partial charge in [0, 0.05) is 37.3 Å². The van der Waals surface area contributed by atoms with Gasteiger partial charge in [-0.25, -0.2) is 8.42 Å². The molecule has 6 heteroatoms. The van der Waals surface area contributed by atoms with Crippen molar-refractivity contribution in [3.63, 3.8) is 0 Å². The van der Waals surface area contributed by atoms with Crippen LogP contribution in [0.25, 0.3) is 0 Å². The summed E-state index contributed by atoms with van der Waals surface area (Å²) in [7, 11) is -3.02. The Labute approximate surface area is 89.0 Å². The van der Waals surface area contributed by atoms with E-state index in [0.717, 1.165) is 18.6 Å². The van der Waals surface area contributed by atoms with E-state index in [0.29, 0.717) is 18.7 Å². The summed E-state index contributed by atoms with van der Waals surface area (Å²) in [4.78, 5) is 12.1. The molecule has 0 spiro atoms. The zero-order chi connectivity index (χ0) is 10.6. The molecule has 1 heterocycles. The van der Waals surface area contributed by atoms with Gasteiger partial charge in [-0.05, 0) is 0 Å². The maximum Gasteiger partial charge on any atom is 0.164 e. The smallest absolute Gasteiger partial charge is 0.164 e. The summed E-state index contributed by atoms with van der Waals surface area (Å²) >= 11 is 1.66. The standard InChI is InChI=1S/C8H15NO3S2/c1-14(11,12)8-7-13-6-4-9(8)3-2-5-10/h5,8H,2-4,6-7H2,1H3.